The highest BCUT2D eigenvalue weighted by atomic mass is 16.5. The van der Waals surface area contributed by atoms with Crippen LogP contribution >= 0.6 is 0 Å². The molecule has 0 bridgehead atoms. The van der Waals surface area contributed by atoms with E-state index in [4.69, 9.17) is 4.74 Å². The Labute approximate surface area is 139 Å². The van der Waals surface area contributed by atoms with Crippen molar-refractivity contribution < 1.29 is 9.53 Å². The number of nitrogens with zero attached hydrogens (tertiary/aromatic N) is 3. The van der Waals surface area contributed by atoms with Crippen molar-refractivity contribution in [1.82, 2.24) is 15.1 Å². The van der Waals surface area contributed by atoms with E-state index in [2.05, 4.69) is 51.3 Å². The maximum atomic E-state index is 11.5. The Morgan fingerprint density at radius 1 is 1.22 bits per heavy atom. The number of ether oxygens (including phenoxy) is 1. The molecule has 1 amide bonds. The number of amides is 1. The second kappa shape index (κ2) is 8.17. The summed E-state index contributed by atoms with van der Waals surface area (Å²) in [4.78, 5) is 18.3. The number of alkyl carbamates (subject to hydrolysis) is 1. The zero-order chi connectivity index (χ0) is 16.8. The molecule has 1 aliphatic rings. The molecule has 6 nitrogen and oxygen atoms in total. The van der Waals surface area contributed by atoms with Crippen molar-refractivity contribution in [2.75, 3.05) is 65.9 Å². The van der Waals surface area contributed by atoms with Crippen molar-refractivity contribution in [2.24, 2.45) is 0 Å². The molecule has 1 saturated heterocycles. The van der Waals surface area contributed by atoms with E-state index in [-0.39, 0.29) is 12.1 Å². The zero-order valence-corrected chi connectivity index (χ0v) is 14.6. The molecule has 0 unspecified atom stereocenters. The van der Waals surface area contributed by atoms with Gasteiger partial charge in [0.2, 0.25) is 0 Å². The van der Waals surface area contributed by atoms with Crippen LogP contribution in [0.5, 0.6) is 0 Å². The fraction of sp³-hybridized carbons (Fsp3) is 0.588. The van der Waals surface area contributed by atoms with Crippen molar-refractivity contribution in [2.45, 2.75) is 6.04 Å². The smallest absolute Gasteiger partial charge is 0.406 e. The summed E-state index contributed by atoms with van der Waals surface area (Å²) in [6, 6.07) is 8.71. The average molecular weight is 320 g/mol. The molecule has 0 radical (unpaired) electrons. The van der Waals surface area contributed by atoms with E-state index in [9.17, 15) is 4.79 Å². The lowest BCUT2D eigenvalue weighted by Crippen LogP contribution is -2.48. The van der Waals surface area contributed by atoms with Crippen LogP contribution < -0.4 is 10.2 Å². The van der Waals surface area contributed by atoms with E-state index < -0.39 is 0 Å². The molecule has 1 aromatic rings. The molecule has 1 N–H and O–H groups in total. The van der Waals surface area contributed by atoms with Crippen LogP contribution in [0, 0.1) is 0 Å². The Morgan fingerprint density at radius 3 is 2.35 bits per heavy atom. The van der Waals surface area contributed by atoms with Crippen LogP contribution in [0.4, 0.5) is 10.5 Å². The Hall–Kier alpha value is -1.79. The van der Waals surface area contributed by atoms with Gasteiger partial charge >= 0.3 is 6.09 Å². The quantitative estimate of drug-likeness (QED) is 0.889. The second-order valence-electron chi connectivity index (χ2n) is 6.21. The lowest BCUT2D eigenvalue weighted by molar-refractivity contribution is 0.107. The molecule has 6 heteroatoms. The summed E-state index contributed by atoms with van der Waals surface area (Å²) in [5.41, 5.74) is 2.39. The number of likely N-dealkylation sites (N-methyl/N-ethyl adjacent to an activating group) is 1. The lowest BCUT2D eigenvalue weighted by atomic mass is 10.0. The van der Waals surface area contributed by atoms with Crippen LogP contribution in [0.25, 0.3) is 0 Å². The second-order valence-corrected chi connectivity index (χ2v) is 6.21. The fourth-order valence-electron chi connectivity index (χ4n) is 2.84. The van der Waals surface area contributed by atoms with Crippen LogP contribution in [-0.2, 0) is 4.74 Å². The molecule has 1 heterocycles. The number of piperazine rings is 1. The Balaban J connectivity index is 2.12. The Morgan fingerprint density at radius 2 is 1.83 bits per heavy atom. The monoisotopic (exact) mass is 320 g/mol. The van der Waals surface area contributed by atoms with Crippen molar-refractivity contribution >= 4 is 11.8 Å². The Kier molecular flexibility index (Phi) is 6.24. The van der Waals surface area contributed by atoms with Gasteiger partial charge in [-0.05, 0) is 24.7 Å². The van der Waals surface area contributed by atoms with E-state index in [1.165, 1.54) is 18.4 Å². The highest BCUT2D eigenvalue weighted by molar-refractivity contribution is 5.66. The largest absolute Gasteiger partial charge is 0.453 e. The van der Waals surface area contributed by atoms with Crippen LogP contribution in [0.3, 0.4) is 0 Å². The zero-order valence-electron chi connectivity index (χ0n) is 14.6. The summed E-state index contributed by atoms with van der Waals surface area (Å²) in [6.45, 7) is 4.64. The first-order valence-corrected chi connectivity index (χ1v) is 8.03. The van der Waals surface area contributed by atoms with Crippen molar-refractivity contribution in [1.29, 1.82) is 0 Å². The third-order valence-corrected chi connectivity index (χ3v) is 4.40. The van der Waals surface area contributed by atoms with Gasteiger partial charge in [-0.3, -0.25) is 4.90 Å². The van der Waals surface area contributed by atoms with Crippen LogP contribution in [0.1, 0.15) is 11.6 Å². The molecule has 23 heavy (non-hydrogen) atoms. The summed E-state index contributed by atoms with van der Waals surface area (Å²) in [5, 5.41) is 2.85. The molecule has 0 aliphatic carbocycles. The lowest BCUT2D eigenvalue weighted by Gasteiger charge is -2.38. The first-order chi connectivity index (χ1) is 11.0. The highest BCUT2D eigenvalue weighted by Gasteiger charge is 2.24. The molecule has 1 atom stereocenters. The maximum absolute atomic E-state index is 11.5. The van der Waals surface area contributed by atoms with Crippen LogP contribution in [0.15, 0.2) is 24.3 Å². The fourth-order valence-corrected chi connectivity index (χ4v) is 2.84. The molecule has 1 fully saturated rings. The number of hydrogen-bond donors (Lipinski definition) is 1. The number of carbonyl (C=O) groups excluding carboxylic acids is 1. The number of methoxy groups -OCH3 is 1. The summed E-state index contributed by atoms with van der Waals surface area (Å²) in [6.07, 6.45) is -0.381. The van der Waals surface area contributed by atoms with Gasteiger partial charge in [0.15, 0.2) is 0 Å². The van der Waals surface area contributed by atoms with Gasteiger partial charge in [-0.2, -0.15) is 0 Å². The molecule has 1 aromatic carbocycles. The molecule has 0 aromatic heterocycles. The van der Waals surface area contributed by atoms with E-state index in [1.54, 1.807) is 0 Å². The SMILES string of the molecule is COC(=O)NC[C@@H](c1ccc(N(C)C)cc1)N1CCN(C)CC1. The number of rotatable bonds is 5. The predicted molar refractivity (Wildman–Crippen MR) is 93.0 cm³/mol. The molecule has 0 saturated carbocycles. The molecule has 1 aliphatic heterocycles. The summed E-state index contributed by atoms with van der Waals surface area (Å²) in [5.74, 6) is 0. The minimum Gasteiger partial charge on any atom is -0.453 e. The maximum Gasteiger partial charge on any atom is 0.406 e. The number of carbonyl (C=O) groups is 1. The topological polar surface area (TPSA) is 48.1 Å². The van der Waals surface area contributed by atoms with Crippen molar-refractivity contribution in [3.05, 3.63) is 29.8 Å². The van der Waals surface area contributed by atoms with Gasteiger partial charge in [0, 0.05) is 52.5 Å². The molecular weight excluding hydrogens is 292 g/mol. The van der Waals surface area contributed by atoms with Gasteiger partial charge in [0.05, 0.1) is 13.2 Å². The van der Waals surface area contributed by atoms with E-state index in [0.717, 1.165) is 26.2 Å². The summed E-state index contributed by atoms with van der Waals surface area (Å²) in [7, 11) is 7.61. The first kappa shape index (κ1) is 17.6. The number of benzene rings is 1. The predicted octanol–water partition coefficient (Wildman–Crippen LogP) is 1.40. The van der Waals surface area contributed by atoms with E-state index in [1.807, 2.05) is 14.1 Å². The molecule has 2 rings (SSSR count). The van der Waals surface area contributed by atoms with E-state index in [0.29, 0.717) is 6.54 Å². The summed E-state index contributed by atoms with van der Waals surface area (Å²) < 4.78 is 4.71. The highest BCUT2D eigenvalue weighted by Crippen LogP contribution is 2.24. The van der Waals surface area contributed by atoms with Gasteiger partial charge in [-0.15, -0.1) is 0 Å². The Bertz CT molecular complexity index is 496. The van der Waals surface area contributed by atoms with Crippen LogP contribution in [0.2, 0.25) is 0 Å². The average Bonchev–Trinajstić information content (AvgIpc) is 2.56. The van der Waals surface area contributed by atoms with Gasteiger partial charge in [-0.1, -0.05) is 12.1 Å². The minimum absolute atomic E-state index is 0.166. The van der Waals surface area contributed by atoms with Gasteiger partial charge in [0.25, 0.3) is 0 Å². The van der Waals surface area contributed by atoms with Crippen LogP contribution in [-0.4, -0.2) is 76.9 Å². The minimum atomic E-state index is -0.381. The van der Waals surface area contributed by atoms with Crippen molar-refractivity contribution in [3.8, 4) is 0 Å². The third-order valence-electron chi connectivity index (χ3n) is 4.40. The van der Waals surface area contributed by atoms with Gasteiger partial charge in [0.1, 0.15) is 0 Å². The first-order valence-electron chi connectivity index (χ1n) is 8.03. The number of nitrogens with one attached hydrogen (secondary N) is 1. The third kappa shape index (κ3) is 4.84. The molecule has 0 spiro atoms. The standard InChI is InChI=1S/C17H28N4O2/c1-19(2)15-7-5-14(6-8-15)16(13-18-17(22)23-4)21-11-9-20(3)10-12-21/h5-8,16H,9-13H2,1-4H3,(H,18,22)/t16-/m0/s1. The number of hydrogen-bond acceptors (Lipinski definition) is 5. The van der Waals surface area contributed by atoms with Gasteiger partial charge < -0.3 is 19.9 Å². The number of anilines is 1. The van der Waals surface area contributed by atoms with Gasteiger partial charge in [-0.25, -0.2) is 4.79 Å². The summed E-state index contributed by atoms with van der Waals surface area (Å²) >= 11 is 0. The normalized spacial score (nSPS) is 17.6. The molecular formula is C17H28N4O2. The van der Waals surface area contributed by atoms with Crippen molar-refractivity contribution in [3.63, 3.8) is 0 Å². The van der Waals surface area contributed by atoms with E-state index >= 15 is 0 Å². The molecule has 128 valence electrons.